The van der Waals surface area contributed by atoms with Crippen LogP contribution >= 0.6 is 11.9 Å². The van der Waals surface area contributed by atoms with Crippen molar-refractivity contribution in [1.82, 2.24) is 4.57 Å². The third kappa shape index (κ3) is 3.84. The van der Waals surface area contributed by atoms with E-state index in [1.807, 2.05) is 79.9 Å². The predicted molar refractivity (Wildman–Crippen MR) is 127 cm³/mol. The van der Waals surface area contributed by atoms with Crippen molar-refractivity contribution in [1.29, 1.82) is 0 Å². The summed E-state index contributed by atoms with van der Waals surface area (Å²) < 4.78 is 11.2. The molecule has 0 bridgehead atoms. The molecule has 0 atom stereocenters. The number of para-hydroxylation sites is 1. The summed E-state index contributed by atoms with van der Waals surface area (Å²) in [5.41, 5.74) is 3.79. The Morgan fingerprint density at radius 3 is 2.47 bits per heavy atom. The highest BCUT2D eigenvalue weighted by Gasteiger charge is 2.15. The number of aromatic nitrogens is 1. The maximum atomic E-state index is 12.6. The van der Waals surface area contributed by atoms with E-state index in [4.69, 9.17) is 4.74 Å². The number of hydrogen-bond acceptors (Lipinski definition) is 4. The molecule has 0 amide bonds. The maximum absolute atomic E-state index is 12.6. The lowest BCUT2D eigenvalue weighted by Crippen LogP contribution is -2.16. The van der Waals surface area contributed by atoms with E-state index in [0.717, 1.165) is 39.3 Å². The fraction of sp³-hybridized carbons (Fsp3) is 0.0800. The molecule has 0 saturated heterocycles. The first kappa shape index (κ1) is 19.9. The molecule has 4 rings (SSSR count). The van der Waals surface area contributed by atoms with Crippen LogP contribution in [0.4, 0.5) is 5.69 Å². The fourth-order valence-electron chi connectivity index (χ4n) is 3.42. The predicted octanol–water partition coefficient (Wildman–Crippen LogP) is 6.51. The Kier molecular flexibility index (Phi) is 5.63. The number of fused-ring (bicyclic) bond motifs is 1. The van der Waals surface area contributed by atoms with Crippen molar-refractivity contribution in [3.05, 3.63) is 101 Å². The van der Waals surface area contributed by atoms with E-state index in [1.54, 1.807) is 17.0 Å². The molecule has 4 aromatic rings. The summed E-state index contributed by atoms with van der Waals surface area (Å²) in [4.78, 5) is 12.6. The van der Waals surface area contributed by atoms with Crippen molar-refractivity contribution in [2.24, 2.45) is 7.05 Å². The minimum Gasteiger partial charge on any atom is -0.456 e. The lowest BCUT2D eigenvalue weighted by atomic mass is 9.99. The van der Waals surface area contributed by atoms with Crippen molar-refractivity contribution in [2.75, 3.05) is 4.72 Å². The van der Waals surface area contributed by atoms with Gasteiger partial charge in [-0.2, -0.15) is 0 Å². The Morgan fingerprint density at radius 2 is 1.70 bits per heavy atom. The van der Waals surface area contributed by atoms with Crippen LogP contribution in [0.15, 0.2) is 89.7 Å². The van der Waals surface area contributed by atoms with Gasteiger partial charge in [0.25, 0.3) is 5.56 Å². The van der Waals surface area contributed by atoms with E-state index in [0.29, 0.717) is 5.39 Å². The van der Waals surface area contributed by atoms with Gasteiger partial charge in [0.1, 0.15) is 11.5 Å². The van der Waals surface area contributed by atoms with Crippen LogP contribution in [-0.2, 0) is 7.05 Å². The Hall–Kier alpha value is -3.44. The van der Waals surface area contributed by atoms with Gasteiger partial charge in [0, 0.05) is 35.4 Å². The normalized spacial score (nSPS) is 10.7. The molecule has 30 heavy (non-hydrogen) atoms. The number of aryl methyl sites for hydroxylation is 2. The zero-order chi connectivity index (χ0) is 21.1. The second-order valence-corrected chi connectivity index (χ2v) is 7.74. The SMILES string of the molecule is C=CSNc1ccc(Oc2ccccc2C)c(-c2cn(C)c(=O)c3ccccc23)c1. The quantitative estimate of drug-likeness (QED) is 0.365. The van der Waals surface area contributed by atoms with Crippen molar-refractivity contribution >= 4 is 28.4 Å². The summed E-state index contributed by atoms with van der Waals surface area (Å²) in [5.74, 6) is 1.52. The van der Waals surface area contributed by atoms with Gasteiger partial charge < -0.3 is 14.0 Å². The standard InChI is InChI=1S/C25H22N2O2S/c1-4-30-26-18-13-14-24(29-23-12-8-5-9-17(23)2)21(15-18)22-16-27(3)25(28)20-11-7-6-10-19(20)22/h4-16,26H,1H2,2-3H3. The Labute approximate surface area is 180 Å². The molecular formula is C25H22N2O2S. The number of hydrogen-bond donors (Lipinski definition) is 1. The first-order valence-electron chi connectivity index (χ1n) is 9.57. The number of pyridine rings is 1. The highest BCUT2D eigenvalue weighted by Crippen LogP contribution is 2.39. The third-order valence-electron chi connectivity index (χ3n) is 4.93. The van der Waals surface area contributed by atoms with Crippen LogP contribution in [-0.4, -0.2) is 4.57 Å². The van der Waals surface area contributed by atoms with Crippen LogP contribution in [0.25, 0.3) is 21.9 Å². The van der Waals surface area contributed by atoms with E-state index in [-0.39, 0.29) is 5.56 Å². The summed E-state index contributed by atoms with van der Waals surface area (Å²) >= 11 is 1.40. The van der Waals surface area contributed by atoms with Crippen LogP contribution < -0.4 is 15.0 Å². The van der Waals surface area contributed by atoms with Gasteiger partial charge in [-0.3, -0.25) is 4.79 Å². The van der Waals surface area contributed by atoms with E-state index in [9.17, 15) is 4.79 Å². The van der Waals surface area contributed by atoms with Crippen LogP contribution in [0, 0.1) is 6.92 Å². The van der Waals surface area contributed by atoms with Gasteiger partial charge in [-0.05, 0) is 65.6 Å². The monoisotopic (exact) mass is 414 g/mol. The largest absolute Gasteiger partial charge is 0.456 e. The number of nitrogens with zero attached hydrogens (tertiary/aromatic N) is 1. The smallest absolute Gasteiger partial charge is 0.258 e. The average Bonchev–Trinajstić information content (AvgIpc) is 2.77. The second kappa shape index (κ2) is 8.51. The molecule has 3 aromatic carbocycles. The van der Waals surface area contributed by atoms with Gasteiger partial charge in [0.05, 0.1) is 0 Å². The summed E-state index contributed by atoms with van der Waals surface area (Å²) in [6.45, 7) is 5.76. The van der Waals surface area contributed by atoms with E-state index in [1.165, 1.54) is 11.9 Å². The summed E-state index contributed by atoms with van der Waals surface area (Å²) in [7, 11) is 1.77. The van der Waals surface area contributed by atoms with Gasteiger partial charge in [0.2, 0.25) is 0 Å². The fourth-order valence-corrected chi connectivity index (χ4v) is 3.77. The first-order valence-corrected chi connectivity index (χ1v) is 10.5. The molecule has 150 valence electrons. The van der Waals surface area contributed by atoms with Gasteiger partial charge in [-0.15, -0.1) is 0 Å². The number of nitrogens with one attached hydrogen (secondary N) is 1. The van der Waals surface area contributed by atoms with Crippen LogP contribution in [0.5, 0.6) is 11.5 Å². The van der Waals surface area contributed by atoms with E-state index in [2.05, 4.69) is 11.3 Å². The molecule has 0 saturated carbocycles. The van der Waals surface area contributed by atoms with Crippen molar-refractivity contribution in [3.8, 4) is 22.6 Å². The molecule has 1 N–H and O–H groups in total. The Morgan fingerprint density at radius 1 is 0.967 bits per heavy atom. The zero-order valence-electron chi connectivity index (χ0n) is 16.9. The molecule has 4 nitrogen and oxygen atoms in total. The molecule has 0 radical (unpaired) electrons. The minimum atomic E-state index is -0.0211. The lowest BCUT2D eigenvalue weighted by molar-refractivity contribution is 0.481. The molecular weight excluding hydrogens is 392 g/mol. The van der Waals surface area contributed by atoms with Gasteiger partial charge in [0.15, 0.2) is 0 Å². The van der Waals surface area contributed by atoms with E-state index < -0.39 is 0 Å². The highest BCUT2D eigenvalue weighted by atomic mass is 32.2. The maximum Gasteiger partial charge on any atom is 0.258 e. The van der Waals surface area contributed by atoms with Crippen LogP contribution in [0.3, 0.4) is 0 Å². The third-order valence-corrected chi connectivity index (χ3v) is 5.45. The van der Waals surface area contributed by atoms with Crippen molar-refractivity contribution < 1.29 is 4.74 Å². The molecule has 0 aliphatic rings. The molecule has 0 spiro atoms. The molecule has 0 aliphatic carbocycles. The summed E-state index contributed by atoms with van der Waals surface area (Å²) in [6, 6.07) is 21.6. The molecule has 0 aliphatic heterocycles. The number of benzene rings is 3. The minimum absolute atomic E-state index is 0.0211. The Balaban J connectivity index is 1.94. The number of rotatable bonds is 6. The molecule has 0 fully saturated rings. The lowest BCUT2D eigenvalue weighted by Gasteiger charge is -2.17. The molecule has 0 unspecified atom stereocenters. The number of ether oxygens (including phenoxy) is 1. The number of anilines is 1. The highest BCUT2D eigenvalue weighted by molar-refractivity contribution is 8.03. The summed E-state index contributed by atoms with van der Waals surface area (Å²) in [6.07, 6.45) is 1.87. The summed E-state index contributed by atoms with van der Waals surface area (Å²) in [5, 5.41) is 3.31. The Bertz CT molecular complexity index is 1290. The van der Waals surface area contributed by atoms with E-state index >= 15 is 0 Å². The van der Waals surface area contributed by atoms with Gasteiger partial charge >= 0.3 is 0 Å². The van der Waals surface area contributed by atoms with Gasteiger partial charge in [-0.1, -0.05) is 43.0 Å². The molecule has 1 aromatic heterocycles. The zero-order valence-corrected chi connectivity index (χ0v) is 17.7. The molecule has 5 heteroatoms. The van der Waals surface area contributed by atoms with Gasteiger partial charge in [-0.25, -0.2) is 0 Å². The second-order valence-electron chi connectivity index (χ2n) is 6.97. The topological polar surface area (TPSA) is 43.3 Å². The van der Waals surface area contributed by atoms with Crippen LogP contribution in [0.1, 0.15) is 5.56 Å². The van der Waals surface area contributed by atoms with Crippen molar-refractivity contribution in [3.63, 3.8) is 0 Å². The molecule has 1 heterocycles. The van der Waals surface area contributed by atoms with Crippen LogP contribution in [0.2, 0.25) is 0 Å². The average molecular weight is 415 g/mol. The van der Waals surface area contributed by atoms with Crippen molar-refractivity contribution in [2.45, 2.75) is 6.92 Å². The first-order chi connectivity index (χ1) is 14.6.